The van der Waals surface area contributed by atoms with Crippen molar-refractivity contribution in [3.8, 4) is 0 Å². The number of hydrogen-bond acceptors (Lipinski definition) is 5. The number of anilines is 1. The minimum Gasteiger partial charge on any atom is -0.384 e. The molecule has 1 fully saturated rings. The number of benzene rings is 2. The zero-order valence-electron chi connectivity index (χ0n) is 18.8. The van der Waals surface area contributed by atoms with Crippen molar-refractivity contribution in [3.63, 3.8) is 0 Å². The van der Waals surface area contributed by atoms with E-state index >= 15 is 0 Å². The van der Waals surface area contributed by atoms with Gasteiger partial charge in [-0.25, -0.2) is 9.97 Å². The first-order valence-corrected chi connectivity index (χ1v) is 11.8. The van der Waals surface area contributed by atoms with Crippen LogP contribution in [0.25, 0.3) is 22.2 Å². The number of nitrogen functional groups attached to an aromatic ring is 1. The van der Waals surface area contributed by atoms with E-state index in [0.29, 0.717) is 35.6 Å². The number of aromatic nitrogens is 3. The van der Waals surface area contributed by atoms with Crippen molar-refractivity contribution in [2.75, 3.05) is 31.9 Å². The van der Waals surface area contributed by atoms with Crippen LogP contribution in [0.5, 0.6) is 0 Å². The molecular weight excluding hydrogens is 412 g/mol. The number of likely N-dealkylation sites (tertiary alicyclic amines) is 1. The van der Waals surface area contributed by atoms with Crippen LogP contribution in [0, 0.1) is 0 Å². The van der Waals surface area contributed by atoms with Gasteiger partial charge in [0, 0.05) is 19.6 Å². The maximum Gasteiger partial charge on any atom is 0.257 e. The first-order valence-electron chi connectivity index (χ1n) is 11.8. The molecule has 0 spiro atoms. The lowest BCUT2D eigenvalue weighted by molar-refractivity contribution is 0.0956. The number of fused-ring (bicyclic) bond motifs is 2. The number of nitrogens with one attached hydrogen (secondary N) is 1. The smallest absolute Gasteiger partial charge is 0.257 e. The zero-order valence-corrected chi connectivity index (χ0v) is 18.8. The van der Waals surface area contributed by atoms with Gasteiger partial charge in [0.2, 0.25) is 0 Å². The maximum atomic E-state index is 13.2. The summed E-state index contributed by atoms with van der Waals surface area (Å²) in [5, 5.41) is 3.04. The molecule has 0 bridgehead atoms. The fraction of sp³-hybridized carbons (Fsp3) is 0.346. The fourth-order valence-electron chi connectivity index (χ4n) is 4.65. The zero-order chi connectivity index (χ0) is 22.6. The molecule has 0 aliphatic carbocycles. The van der Waals surface area contributed by atoms with Crippen molar-refractivity contribution in [2.45, 2.75) is 32.2 Å². The normalized spacial score (nSPS) is 14.7. The molecule has 0 radical (unpaired) electrons. The molecule has 1 saturated heterocycles. The van der Waals surface area contributed by atoms with Crippen molar-refractivity contribution in [3.05, 3.63) is 65.7 Å². The van der Waals surface area contributed by atoms with Crippen LogP contribution in [0.3, 0.4) is 0 Å². The van der Waals surface area contributed by atoms with Crippen molar-refractivity contribution < 1.29 is 4.79 Å². The Morgan fingerprint density at radius 2 is 1.61 bits per heavy atom. The van der Waals surface area contributed by atoms with Gasteiger partial charge in [0.05, 0.1) is 11.0 Å². The molecule has 7 nitrogen and oxygen atoms in total. The molecule has 2 aromatic carbocycles. The van der Waals surface area contributed by atoms with E-state index in [4.69, 9.17) is 15.7 Å². The predicted molar refractivity (Wildman–Crippen MR) is 132 cm³/mol. The average molecular weight is 443 g/mol. The minimum atomic E-state index is -0.199. The van der Waals surface area contributed by atoms with Crippen molar-refractivity contribution in [2.24, 2.45) is 0 Å². The number of hydrogen-bond donors (Lipinski definition) is 2. The highest BCUT2D eigenvalue weighted by molar-refractivity contribution is 6.10. The Morgan fingerprint density at radius 3 is 2.36 bits per heavy atom. The molecule has 4 aromatic rings. The Morgan fingerprint density at radius 1 is 0.909 bits per heavy atom. The molecule has 170 valence electrons. The third-order valence-electron chi connectivity index (χ3n) is 6.45. The Bertz CT molecular complexity index is 1260. The molecule has 1 amide bonds. The monoisotopic (exact) mass is 442 g/mol. The fourth-order valence-corrected chi connectivity index (χ4v) is 4.65. The van der Waals surface area contributed by atoms with Crippen LogP contribution >= 0.6 is 0 Å². The standard InChI is InChI=1S/C26H30N6O/c27-24-22(26(33)28-14-13-19-9-3-1-4-10-19)23-25(30-21-12-6-5-11-20(21)29-23)32(24)18-17-31-15-7-2-8-16-31/h1,3-6,9-12H,2,7-8,13-18,27H2,(H,28,33). The molecule has 0 saturated carbocycles. The van der Waals surface area contributed by atoms with Gasteiger partial charge >= 0.3 is 0 Å². The number of carbonyl (C=O) groups excluding carboxylic acids is 1. The topological polar surface area (TPSA) is 89.1 Å². The van der Waals surface area contributed by atoms with Crippen LogP contribution in [0.2, 0.25) is 0 Å². The summed E-state index contributed by atoms with van der Waals surface area (Å²) in [6.45, 7) is 4.33. The maximum absolute atomic E-state index is 13.2. The summed E-state index contributed by atoms with van der Waals surface area (Å²) in [7, 11) is 0. The van der Waals surface area contributed by atoms with Crippen molar-refractivity contribution in [1.29, 1.82) is 0 Å². The summed E-state index contributed by atoms with van der Waals surface area (Å²) in [5.74, 6) is 0.240. The summed E-state index contributed by atoms with van der Waals surface area (Å²) in [4.78, 5) is 25.4. The summed E-state index contributed by atoms with van der Waals surface area (Å²) in [6, 6.07) is 17.9. The van der Waals surface area contributed by atoms with E-state index in [9.17, 15) is 4.79 Å². The van der Waals surface area contributed by atoms with Crippen LogP contribution in [0.1, 0.15) is 35.2 Å². The number of carbonyl (C=O) groups is 1. The highest BCUT2D eigenvalue weighted by Crippen LogP contribution is 2.28. The SMILES string of the molecule is Nc1c(C(=O)NCCc2ccccc2)c2nc3ccccc3nc2n1CCN1CCCCC1. The lowest BCUT2D eigenvalue weighted by Gasteiger charge is -2.26. The largest absolute Gasteiger partial charge is 0.384 e. The molecule has 0 unspecified atom stereocenters. The first-order chi connectivity index (χ1) is 16.2. The second-order valence-corrected chi connectivity index (χ2v) is 8.69. The third kappa shape index (κ3) is 4.54. The average Bonchev–Trinajstić information content (AvgIpc) is 3.12. The van der Waals surface area contributed by atoms with Crippen LogP contribution in [-0.4, -0.2) is 51.5 Å². The van der Waals surface area contributed by atoms with E-state index in [0.717, 1.165) is 37.1 Å². The van der Waals surface area contributed by atoms with Gasteiger partial charge in [-0.15, -0.1) is 0 Å². The molecule has 33 heavy (non-hydrogen) atoms. The Balaban J connectivity index is 1.45. The summed E-state index contributed by atoms with van der Waals surface area (Å²) >= 11 is 0. The summed E-state index contributed by atoms with van der Waals surface area (Å²) < 4.78 is 1.97. The minimum absolute atomic E-state index is 0.199. The molecule has 1 aliphatic heterocycles. The lowest BCUT2D eigenvalue weighted by Crippen LogP contribution is -2.32. The number of rotatable bonds is 7. The highest BCUT2D eigenvalue weighted by Gasteiger charge is 2.24. The lowest BCUT2D eigenvalue weighted by atomic mass is 10.1. The molecule has 7 heteroatoms. The van der Waals surface area contributed by atoms with Gasteiger partial charge in [0.1, 0.15) is 16.9 Å². The third-order valence-corrected chi connectivity index (χ3v) is 6.45. The second kappa shape index (κ2) is 9.58. The van der Waals surface area contributed by atoms with Crippen LogP contribution in [0.15, 0.2) is 54.6 Å². The Hall–Kier alpha value is -3.45. The highest BCUT2D eigenvalue weighted by atomic mass is 16.1. The van der Waals surface area contributed by atoms with Gasteiger partial charge in [-0.2, -0.15) is 0 Å². The van der Waals surface area contributed by atoms with Crippen LogP contribution in [-0.2, 0) is 13.0 Å². The van der Waals surface area contributed by atoms with E-state index in [-0.39, 0.29) is 5.91 Å². The van der Waals surface area contributed by atoms with Crippen LogP contribution < -0.4 is 11.1 Å². The van der Waals surface area contributed by atoms with E-state index in [2.05, 4.69) is 22.3 Å². The number of para-hydroxylation sites is 2. The van der Waals surface area contributed by atoms with Gasteiger partial charge < -0.3 is 20.5 Å². The predicted octanol–water partition coefficient (Wildman–Crippen LogP) is 3.63. The van der Waals surface area contributed by atoms with Crippen LogP contribution in [0.4, 0.5) is 5.82 Å². The number of nitrogens with two attached hydrogens (primary N) is 1. The molecule has 5 rings (SSSR count). The van der Waals surface area contributed by atoms with E-state index in [1.54, 1.807) is 0 Å². The van der Waals surface area contributed by atoms with E-state index in [1.807, 2.05) is 47.0 Å². The van der Waals surface area contributed by atoms with Crippen molar-refractivity contribution >= 4 is 33.9 Å². The number of nitrogens with zero attached hydrogens (tertiary/aromatic N) is 4. The second-order valence-electron chi connectivity index (χ2n) is 8.69. The van der Waals surface area contributed by atoms with Gasteiger partial charge in [0.25, 0.3) is 5.91 Å². The Kier molecular flexibility index (Phi) is 6.21. The van der Waals surface area contributed by atoms with Gasteiger partial charge in [-0.1, -0.05) is 48.9 Å². The molecule has 3 heterocycles. The Labute approximate surface area is 193 Å². The molecule has 2 aromatic heterocycles. The van der Waals surface area contributed by atoms with Gasteiger partial charge in [-0.3, -0.25) is 4.79 Å². The molecule has 3 N–H and O–H groups in total. The first kappa shape index (κ1) is 21.4. The molecule has 0 atom stereocenters. The molecular formula is C26H30N6O. The number of amides is 1. The van der Waals surface area contributed by atoms with E-state index in [1.165, 1.54) is 24.8 Å². The number of piperidine rings is 1. The summed E-state index contributed by atoms with van der Waals surface area (Å²) in [5.41, 5.74) is 11.0. The molecule has 1 aliphatic rings. The van der Waals surface area contributed by atoms with Gasteiger partial charge in [0.15, 0.2) is 5.65 Å². The van der Waals surface area contributed by atoms with Crippen molar-refractivity contribution in [1.82, 2.24) is 24.8 Å². The summed E-state index contributed by atoms with van der Waals surface area (Å²) in [6.07, 6.45) is 4.54. The quantitative estimate of drug-likeness (QED) is 0.456. The van der Waals surface area contributed by atoms with E-state index < -0.39 is 0 Å². The van der Waals surface area contributed by atoms with Gasteiger partial charge in [-0.05, 0) is 50.0 Å².